The van der Waals surface area contributed by atoms with E-state index < -0.39 is 11.0 Å². The van der Waals surface area contributed by atoms with Crippen molar-refractivity contribution in [2.24, 2.45) is 4.40 Å². The lowest BCUT2D eigenvalue weighted by atomic mass is 10.3. The lowest BCUT2D eigenvalue weighted by Crippen LogP contribution is -2.19. The van der Waals surface area contributed by atoms with Crippen molar-refractivity contribution in [3.8, 4) is 0 Å². The van der Waals surface area contributed by atoms with E-state index in [0.717, 1.165) is 4.88 Å². The summed E-state index contributed by atoms with van der Waals surface area (Å²) < 4.78 is 15.6. The molecule has 14 heavy (non-hydrogen) atoms. The quantitative estimate of drug-likeness (QED) is 0.758. The third-order valence-corrected chi connectivity index (χ3v) is 3.69. The molecule has 1 heterocycles. The van der Waals surface area contributed by atoms with E-state index in [2.05, 4.69) is 9.38 Å². The molecule has 0 fully saturated rings. The predicted octanol–water partition coefficient (Wildman–Crippen LogP) is 2.68. The van der Waals surface area contributed by atoms with Crippen LogP contribution in [-0.2, 0) is 11.0 Å². The van der Waals surface area contributed by atoms with Gasteiger partial charge in [0.15, 0.2) is 4.47 Å². The molecule has 0 aliphatic rings. The lowest BCUT2D eigenvalue weighted by molar-refractivity contribution is 0.651. The molecular weight excluding hydrogens is 240 g/mol. The zero-order valence-electron chi connectivity index (χ0n) is 8.15. The number of halogens is 1. The molecular formula is C8H11ClN2OS2. The van der Waals surface area contributed by atoms with Crippen LogP contribution in [0.3, 0.4) is 0 Å². The fraction of sp³-hybridized carbons (Fsp3) is 0.500. The summed E-state index contributed by atoms with van der Waals surface area (Å²) in [5, 5.41) is 0. The molecule has 78 valence electrons. The van der Waals surface area contributed by atoms with Gasteiger partial charge in [0.2, 0.25) is 0 Å². The highest BCUT2D eigenvalue weighted by Crippen LogP contribution is 2.17. The Labute approximate surface area is 94.8 Å². The monoisotopic (exact) mass is 250 g/mol. The Kier molecular flexibility index (Phi) is 3.80. The molecule has 0 spiro atoms. The van der Waals surface area contributed by atoms with Crippen LogP contribution in [0.25, 0.3) is 0 Å². The summed E-state index contributed by atoms with van der Waals surface area (Å²) in [4.78, 5) is 4.66. The molecule has 1 aromatic heterocycles. The highest BCUT2D eigenvalue weighted by Gasteiger charge is 2.18. The number of aromatic nitrogens is 1. The zero-order chi connectivity index (χ0) is 10.8. The van der Waals surface area contributed by atoms with Gasteiger partial charge in [-0.05, 0) is 20.8 Å². The Morgan fingerprint density at radius 3 is 2.71 bits per heavy atom. The smallest absolute Gasteiger partial charge is 0.184 e. The molecule has 0 N–H and O–H groups in total. The first-order valence-electron chi connectivity index (χ1n) is 3.97. The van der Waals surface area contributed by atoms with Crippen molar-refractivity contribution >= 4 is 40.1 Å². The maximum Gasteiger partial charge on any atom is 0.184 e. The summed E-state index contributed by atoms with van der Waals surface area (Å²) >= 11 is 6.95. The first-order valence-corrected chi connectivity index (χ1v) is 6.27. The van der Waals surface area contributed by atoms with E-state index in [1.165, 1.54) is 11.3 Å². The van der Waals surface area contributed by atoms with Gasteiger partial charge in [0.05, 0.1) is 15.8 Å². The lowest BCUT2D eigenvalue weighted by Gasteiger charge is -2.12. The van der Waals surface area contributed by atoms with Gasteiger partial charge in [0.25, 0.3) is 0 Å². The molecule has 6 heteroatoms. The summed E-state index contributed by atoms with van der Waals surface area (Å²) in [6.07, 6.45) is 3.15. The number of thiazole rings is 1. The summed E-state index contributed by atoms with van der Waals surface area (Å²) in [5.74, 6) is 0. The van der Waals surface area contributed by atoms with E-state index in [-0.39, 0.29) is 4.75 Å². The summed E-state index contributed by atoms with van der Waals surface area (Å²) in [6, 6.07) is 0. The van der Waals surface area contributed by atoms with Crippen LogP contribution in [0, 0.1) is 0 Å². The normalized spacial score (nSPS) is 14.9. The molecule has 1 atom stereocenters. The minimum atomic E-state index is -1.22. The third-order valence-electron chi connectivity index (χ3n) is 1.29. The maximum atomic E-state index is 11.5. The van der Waals surface area contributed by atoms with E-state index in [0.29, 0.717) is 4.47 Å². The highest BCUT2D eigenvalue weighted by atomic mass is 35.5. The average Bonchev–Trinajstić information content (AvgIpc) is 2.45. The summed E-state index contributed by atoms with van der Waals surface area (Å²) in [6.45, 7) is 5.63. The molecule has 0 bridgehead atoms. The number of rotatable bonds is 2. The van der Waals surface area contributed by atoms with E-state index in [4.69, 9.17) is 11.6 Å². The van der Waals surface area contributed by atoms with Gasteiger partial charge in [-0.15, -0.1) is 11.3 Å². The Morgan fingerprint density at radius 1 is 1.64 bits per heavy atom. The van der Waals surface area contributed by atoms with Crippen molar-refractivity contribution in [1.82, 2.24) is 4.98 Å². The van der Waals surface area contributed by atoms with Crippen LogP contribution in [0.1, 0.15) is 25.6 Å². The molecule has 0 saturated heterocycles. The van der Waals surface area contributed by atoms with Crippen molar-refractivity contribution in [2.45, 2.75) is 25.5 Å². The van der Waals surface area contributed by atoms with Crippen LogP contribution < -0.4 is 0 Å². The van der Waals surface area contributed by atoms with Crippen molar-refractivity contribution in [3.63, 3.8) is 0 Å². The molecule has 1 unspecified atom stereocenters. The van der Waals surface area contributed by atoms with E-state index in [9.17, 15) is 4.21 Å². The minimum absolute atomic E-state index is 0.328. The van der Waals surface area contributed by atoms with Crippen molar-refractivity contribution in [3.05, 3.63) is 15.5 Å². The van der Waals surface area contributed by atoms with Crippen LogP contribution in [0.2, 0.25) is 4.47 Å². The second-order valence-corrected chi connectivity index (χ2v) is 7.19. The van der Waals surface area contributed by atoms with Crippen LogP contribution >= 0.6 is 22.9 Å². The summed E-state index contributed by atoms with van der Waals surface area (Å²) in [5.41, 5.74) is 0. The molecule has 0 aromatic carbocycles. The van der Waals surface area contributed by atoms with Crippen LogP contribution in [0.4, 0.5) is 0 Å². The van der Waals surface area contributed by atoms with Gasteiger partial charge in [0, 0.05) is 6.20 Å². The summed E-state index contributed by atoms with van der Waals surface area (Å²) in [7, 11) is -1.22. The number of hydrogen-bond acceptors (Lipinski definition) is 3. The van der Waals surface area contributed by atoms with Gasteiger partial charge in [-0.1, -0.05) is 11.6 Å². The van der Waals surface area contributed by atoms with Crippen LogP contribution in [0.5, 0.6) is 0 Å². The van der Waals surface area contributed by atoms with Crippen LogP contribution in [0.15, 0.2) is 10.6 Å². The molecule has 0 radical (unpaired) electrons. The van der Waals surface area contributed by atoms with Gasteiger partial charge in [-0.2, -0.15) is 4.40 Å². The highest BCUT2D eigenvalue weighted by molar-refractivity contribution is 7.85. The van der Waals surface area contributed by atoms with Crippen molar-refractivity contribution in [1.29, 1.82) is 0 Å². The van der Waals surface area contributed by atoms with Gasteiger partial charge >= 0.3 is 0 Å². The van der Waals surface area contributed by atoms with Gasteiger partial charge < -0.3 is 0 Å². The van der Waals surface area contributed by atoms with Crippen molar-refractivity contribution < 1.29 is 4.21 Å². The Hall–Kier alpha value is -0.260. The molecule has 0 aliphatic heterocycles. The Morgan fingerprint density at radius 2 is 2.29 bits per heavy atom. The van der Waals surface area contributed by atoms with Crippen molar-refractivity contribution in [2.75, 3.05) is 0 Å². The fourth-order valence-electron chi connectivity index (χ4n) is 0.582. The molecule has 0 amide bonds. The molecule has 0 saturated carbocycles. The van der Waals surface area contributed by atoms with E-state index >= 15 is 0 Å². The SMILES string of the molecule is CC(C)(C)S(=O)N=Cc1cnc(Cl)s1. The average molecular weight is 251 g/mol. The topological polar surface area (TPSA) is 42.3 Å². The maximum absolute atomic E-state index is 11.5. The molecule has 1 aromatic rings. The second-order valence-electron chi connectivity index (χ2n) is 3.61. The van der Waals surface area contributed by atoms with Gasteiger partial charge in [0.1, 0.15) is 11.0 Å². The van der Waals surface area contributed by atoms with Gasteiger partial charge in [-0.3, -0.25) is 0 Å². The predicted molar refractivity (Wildman–Crippen MR) is 62.6 cm³/mol. The molecule has 0 aliphatic carbocycles. The first-order chi connectivity index (χ1) is 6.39. The Bertz CT molecular complexity index is 368. The standard InChI is InChI=1S/C8H11ClN2OS2/c1-8(2,3)14(12)11-5-6-4-10-7(9)13-6/h4-5H,1-3H3. The first kappa shape index (κ1) is 11.8. The van der Waals surface area contributed by atoms with E-state index in [1.54, 1.807) is 12.4 Å². The Balaban J connectivity index is 2.70. The number of nitrogens with zero attached hydrogens (tertiary/aromatic N) is 2. The fourth-order valence-corrected chi connectivity index (χ4v) is 2.00. The number of hydrogen-bond donors (Lipinski definition) is 0. The molecule has 1 rings (SSSR count). The zero-order valence-corrected chi connectivity index (χ0v) is 10.5. The minimum Gasteiger partial charge on any atom is -0.234 e. The second kappa shape index (κ2) is 4.51. The van der Waals surface area contributed by atoms with Gasteiger partial charge in [-0.25, -0.2) is 9.19 Å². The molecule has 3 nitrogen and oxygen atoms in total. The third kappa shape index (κ3) is 3.48. The van der Waals surface area contributed by atoms with E-state index in [1.807, 2.05) is 20.8 Å². The largest absolute Gasteiger partial charge is 0.234 e. The van der Waals surface area contributed by atoms with Crippen LogP contribution in [-0.4, -0.2) is 20.2 Å².